The summed E-state index contributed by atoms with van der Waals surface area (Å²) < 4.78 is 1.41. The Labute approximate surface area is 103 Å². The van der Waals surface area contributed by atoms with Gasteiger partial charge in [-0.1, -0.05) is 0 Å². The summed E-state index contributed by atoms with van der Waals surface area (Å²) in [6.45, 7) is 4.05. The van der Waals surface area contributed by atoms with Crippen molar-refractivity contribution in [3.63, 3.8) is 0 Å². The van der Waals surface area contributed by atoms with Crippen LogP contribution in [0.25, 0.3) is 0 Å². The van der Waals surface area contributed by atoms with E-state index in [2.05, 4.69) is 29.6 Å². The Morgan fingerprint density at radius 3 is 2.62 bits per heavy atom. The average molecular weight is 282 g/mol. The van der Waals surface area contributed by atoms with Gasteiger partial charge in [0, 0.05) is 0 Å². The van der Waals surface area contributed by atoms with Crippen molar-refractivity contribution in [2.75, 3.05) is 0 Å². The van der Waals surface area contributed by atoms with Gasteiger partial charge in [0.2, 0.25) is 0 Å². The van der Waals surface area contributed by atoms with Gasteiger partial charge in [0.15, 0.2) is 0 Å². The Bertz CT molecular complexity index is 375. The van der Waals surface area contributed by atoms with Gasteiger partial charge in [-0.15, -0.1) is 0 Å². The predicted octanol–water partition coefficient (Wildman–Crippen LogP) is 1.35. The molecule has 1 N–H and O–H groups in total. The summed E-state index contributed by atoms with van der Waals surface area (Å²) >= 11 is 0.472. The van der Waals surface area contributed by atoms with E-state index in [1.54, 1.807) is 0 Å². The van der Waals surface area contributed by atoms with Gasteiger partial charge in [-0.2, -0.15) is 0 Å². The zero-order valence-electron chi connectivity index (χ0n) is 9.69. The summed E-state index contributed by atoms with van der Waals surface area (Å²) in [4.78, 5) is 11.6. The first-order valence-corrected chi connectivity index (χ1v) is 7.63. The van der Waals surface area contributed by atoms with E-state index in [0.29, 0.717) is 21.0 Å². The van der Waals surface area contributed by atoms with Crippen molar-refractivity contribution < 1.29 is 4.79 Å². The summed E-state index contributed by atoms with van der Waals surface area (Å²) in [5.74, 6) is 0.210. The first-order chi connectivity index (χ1) is 7.58. The second-order valence-electron chi connectivity index (χ2n) is 4.88. The van der Waals surface area contributed by atoms with Crippen molar-refractivity contribution in [3.05, 3.63) is 30.3 Å². The Kier molecular flexibility index (Phi) is 3.36. The second kappa shape index (κ2) is 4.60. The summed E-state index contributed by atoms with van der Waals surface area (Å²) in [5.41, 5.74) is -0.169. The van der Waals surface area contributed by atoms with E-state index in [1.807, 2.05) is 19.9 Å². The third-order valence-electron chi connectivity index (χ3n) is 2.90. The van der Waals surface area contributed by atoms with Crippen LogP contribution in [-0.4, -0.2) is 26.9 Å². The molecule has 1 aromatic carbocycles. The van der Waals surface area contributed by atoms with E-state index in [1.165, 1.54) is 4.46 Å². The van der Waals surface area contributed by atoms with E-state index in [0.717, 1.165) is 11.7 Å². The molecule has 2 rings (SSSR count). The van der Waals surface area contributed by atoms with E-state index >= 15 is 0 Å². The molecule has 1 fully saturated rings. The van der Waals surface area contributed by atoms with Gasteiger partial charge in [-0.05, 0) is 0 Å². The number of hydrogen-bond donors (Lipinski definition) is 1. The third-order valence-corrected chi connectivity index (χ3v) is 5.37. The van der Waals surface area contributed by atoms with Gasteiger partial charge in [-0.3, -0.25) is 0 Å². The molecule has 1 aliphatic rings. The molecule has 0 radical (unpaired) electrons. The van der Waals surface area contributed by atoms with Crippen molar-refractivity contribution in [3.8, 4) is 0 Å². The quantitative estimate of drug-likeness (QED) is 0.833. The minimum atomic E-state index is -0.169. The van der Waals surface area contributed by atoms with Crippen LogP contribution in [-0.2, 0) is 4.79 Å². The van der Waals surface area contributed by atoms with Crippen LogP contribution in [0.4, 0.5) is 0 Å². The van der Waals surface area contributed by atoms with Gasteiger partial charge >= 0.3 is 103 Å². The fourth-order valence-electron chi connectivity index (χ4n) is 1.95. The Morgan fingerprint density at radius 2 is 2.06 bits per heavy atom. The molecule has 16 heavy (non-hydrogen) atoms. The monoisotopic (exact) mass is 283 g/mol. The summed E-state index contributed by atoms with van der Waals surface area (Å²) in [5, 5.41) is 4.19. The van der Waals surface area contributed by atoms with E-state index in [9.17, 15) is 4.79 Å². The van der Waals surface area contributed by atoms with E-state index in [4.69, 9.17) is 0 Å². The molecule has 1 atom stereocenters. The Morgan fingerprint density at radius 1 is 1.38 bits per heavy atom. The zero-order chi connectivity index (χ0) is 11.6. The van der Waals surface area contributed by atoms with Crippen LogP contribution in [0.15, 0.2) is 30.3 Å². The SMILES string of the molecule is CC1(C)CC(C[Se]c2ccccc2)NC1=O. The minimum absolute atomic E-state index is 0.169. The maximum atomic E-state index is 11.6. The third kappa shape index (κ3) is 2.66. The van der Waals surface area contributed by atoms with Gasteiger partial charge in [0.05, 0.1) is 0 Å². The summed E-state index contributed by atoms with van der Waals surface area (Å²) in [7, 11) is 0. The molecule has 0 spiro atoms. The molecule has 1 aromatic rings. The topological polar surface area (TPSA) is 29.1 Å². The van der Waals surface area contributed by atoms with E-state index < -0.39 is 0 Å². The van der Waals surface area contributed by atoms with Crippen LogP contribution in [0.2, 0.25) is 5.32 Å². The fraction of sp³-hybridized carbons (Fsp3) is 0.462. The van der Waals surface area contributed by atoms with Crippen LogP contribution >= 0.6 is 0 Å². The number of benzene rings is 1. The van der Waals surface area contributed by atoms with Gasteiger partial charge in [0.1, 0.15) is 0 Å². The van der Waals surface area contributed by atoms with Crippen LogP contribution in [0.5, 0.6) is 0 Å². The molecule has 1 unspecified atom stereocenters. The van der Waals surface area contributed by atoms with Crippen molar-refractivity contribution in [1.82, 2.24) is 5.32 Å². The van der Waals surface area contributed by atoms with Crippen molar-refractivity contribution >= 4 is 25.3 Å². The van der Waals surface area contributed by atoms with Crippen LogP contribution < -0.4 is 9.78 Å². The molecule has 1 saturated heterocycles. The molecule has 0 aromatic heterocycles. The van der Waals surface area contributed by atoms with Crippen LogP contribution in [0, 0.1) is 5.41 Å². The van der Waals surface area contributed by atoms with Crippen LogP contribution in [0.3, 0.4) is 0 Å². The first kappa shape index (κ1) is 11.7. The van der Waals surface area contributed by atoms with Crippen molar-refractivity contribution in [1.29, 1.82) is 0 Å². The summed E-state index contributed by atoms with van der Waals surface area (Å²) in [6.07, 6.45) is 0.973. The second-order valence-corrected chi connectivity index (χ2v) is 7.18. The molecule has 0 saturated carbocycles. The van der Waals surface area contributed by atoms with Crippen molar-refractivity contribution in [2.24, 2.45) is 5.41 Å². The Balaban J connectivity index is 1.87. The molecule has 1 heterocycles. The molecule has 1 amide bonds. The number of nitrogens with one attached hydrogen (secondary N) is 1. The number of carbonyl (C=O) groups excluding carboxylic acids is 1. The number of rotatable bonds is 3. The van der Waals surface area contributed by atoms with Gasteiger partial charge in [0.25, 0.3) is 0 Å². The molecular weight excluding hydrogens is 265 g/mol. The standard InChI is InChI=1S/C13H17NOSe/c1-13(2)8-10(14-12(13)15)9-16-11-6-4-3-5-7-11/h3-7,10H,8-9H2,1-2H3,(H,14,15). The molecular formula is C13H17NOSe. The fourth-order valence-corrected chi connectivity index (χ4v) is 3.94. The van der Waals surface area contributed by atoms with Crippen LogP contribution in [0.1, 0.15) is 20.3 Å². The molecule has 86 valence electrons. The first-order valence-electron chi connectivity index (χ1n) is 5.57. The van der Waals surface area contributed by atoms with Gasteiger partial charge < -0.3 is 0 Å². The van der Waals surface area contributed by atoms with Gasteiger partial charge in [-0.25, -0.2) is 0 Å². The molecule has 0 bridgehead atoms. The van der Waals surface area contributed by atoms with E-state index in [-0.39, 0.29) is 11.3 Å². The maximum absolute atomic E-state index is 11.6. The summed E-state index contributed by atoms with van der Waals surface area (Å²) in [6, 6.07) is 10.9. The molecule has 1 aliphatic heterocycles. The normalized spacial score (nSPS) is 23.1. The van der Waals surface area contributed by atoms with Crippen molar-refractivity contribution in [2.45, 2.75) is 31.6 Å². The number of carbonyl (C=O) groups is 1. The zero-order valence-corrected chi connectivity index (χ0v) is 11.4. The molecule has 0 aliphatic carbocycles. The average Bonchev–Trinajstić information content (AvgIpc) is 2.52. The predicted molar refractivity (Wildman–Crippen MR) is 67.0 cm³/mol. The molecule has 2 nitrogen and oxygen atoms in total. The molecule has 3 heteroatoms. The number of hydrogen-bond acceptors (Lipinski definition) is 1. The number of amides is 1. The Hall–Kier alpha value is -0.791.